The second-order valence-corrected chi connectivity index (χ2v) is 6.47. The van der Waals surface area contributed by atoms with Crippen molar-refractivity contribution in [3.05, 3.63) is 102 Å². The summed E-state index contributed by atoms with van der Waals surface area (Å²) in [5, 5.41) is 0. The number of hydrogen-bond donors (Lipinski definition) is 0. The molecular formula is C23H18O3. The highest BCUT2D eigenvalue weighted by Gasteiger charge is 2.40. The summed E-state index contributed by atoms with van der Waals surface area (Å²) in [5.74, 6) is -0.693. The summed E-state index contributed by atoms with van der Waals surface area (Å²) in [7, 11) is 0. The molecular weight excluding hydrogens is 324 g/mol. The fourth-order valence-corrected chi connectivity index (χ4v) is 3.59. The third kappa shape index (κ3) is 3.04. The zero-order valence-electron chi connectivity index (χ0n) is 14.2. The lowest BCUT2D eigenvalue weighted by molar-refractivity contribution is -0.117. The largest absolute Gasteiger partial charge is 0.469 e. The Bertz CT molecular complexity index is 938. The molecule has 1 aliphatic carbocycles. The van der Waals surface area contributed by atoms with E-state index in [9.17, 15) is 9.59 Å². The van der Waals surface area contributed by atoms with Crippen LogP contribution < -0.4 is 0 Å². The molecule has 0 spiro atoms. The average Bonchev–Trinajstić information content (AvgIpc) is 3.23. The summed E-state index contributed by atoms with van der Waals surface area (Å²) in [4.78, 5) is 26.0. The van der Waals surface area contributed by atoms with Gasteiger partial charge < -0.3 is 4.42 Å². The summed E-state index contributed by atoms with van der Waals surface area (Å²) in [6, 6.07) is 22.4. The van der Waals surface area contributed by atoms with Crippen molar-refractivity contribution in [2.24, 2.45) is 5.92 Å². The van der Waals surface area contributed by atoms with E-state index in [4.69, 9.17) is 4.42 Å². The first-order chi connectivity index (χ1) is 12.7. The number of carbonyl (C=O) groups is 2. The minimum Gasteiger partial charge on any atom is -0.469 e. The van der Waals surface area contributed by atoms with E-state index in [2.05, 4.69) is 0 Å². The van der Waals surface area contributed by atoms with Gasteiger partial charge in [-0.15, -0.1) is 0 Å². The fraction of sp³-hybridized carbons (Fsp3) is 0.130. The Labute approximate surface area is 152 Å². The molecule has 2 atom stereocenters. The van der Waals surface area contributed by atoms with Gasteiger partial charge in [-0.25, -0.2) is 0 Å². The molecule has 1 aliphatic rings. The first-order valence-electron chi connectivity index (χ1n) is 8.66. The molecule has 3 heteroatoms. The van der Waals surface area contributed by atoms with Crippen LogP contribution in [0.15, 0.2) is 89.6 Å². The van der Waals surface area contributed by atoms with Gasteiger partial charge in [0.1, 0.15) is 5.76 Å². The molecule has 0 saturated carbocycles. The number of hydrogen-bond acceptors (Lipinski definition) is 3. The van der Waals surface area contributed by atoms with Crippen LogP contribution in [-0.4, -0.2) is 11.6 Å². The van der Waals surface area contributed by atoms with E-state index >= 15 is 0 Å². The van der Waals surface area contributed by atoms with Gasteiger partial charge in [-0.1, -0.05) is 60.7 Å². The van der Waals surface area contributed by atoms with Crippen molar-refractivity contribution in [1.82, 2.24) is 0 Å². The third-order valence-corrected chi connectivity index (χ3v) is 4.86. The van der Waals surface area contributed by atoms with Crippen LogP contribution in [0.5, 0.6) is 0 Å². The molecule has 1 heterocycles. The van der Waals surface area contributed by atoms with Gasteiger partial charge in [0.25, 0.3) is 0 Å². The van der Waals surface area contributed by atoms with Gasteiger partial charge in [0.15, 0.2) is 11.6 Å². The average molecular weight is 342 g/mol. The van der Waals surface area contributed by atoms with Crippen molar-refractivity contribution in [2.45, 2.75) is 12.3 Å². The number of Topliss-reactive ketones (excluding diaryl/α,β-unsaturated/α-hetero) is 1. The fourth-order valence-electron chi connectivity index (χ4n) is 3.59. The van der Waals surface area contributed by atoms with Crippen molar-refractivity contribution in [2.75, 3.05) is 0 Å². The molecule has 0 bridgehead atoms. The Morgan fingerprint density at radius 3 is 2.23 bits per heavy atom. The topological polar surface area (TPSA) is 47.3 Å². The van der Waals surface area contributed by atoms with Crippen molar-refractivity contribution in [3.8, 4) is 0 Å². The van der Waals surface area contributed by atoms with E-state index in [0.29, 0.717) is 17.7 Å². The number of benzene rings is 2. The zero-order chi connectivity index (χ0) is 17.9. The smallest absolute Gasteiger partial charge is 0.174 e. The molecule has 0 amide bonds. The predicted molar refractivity (Wildman–Crippen MR) is 99.8 cm³/mol. The second-order valence-electron chi connectivity index (χ2n) is 6.47. The Balaban J connectivity index is 1.76. The van der Waals surface area contributed by atoms with Crippen LogP contribution in [0, 0.1) is 5.92 Å². The van der Waals surface area contributed by atoms with Crippen molar-refractivity contribution < 1.29 is 14.0 Å². The molecule has 128 valence electrons. The predicted octanol–water partition coefficient (Wildman–Crippen LogP) is 4.92. The highest BCUT2D eigenvalue weighted by atomic mass is 16.3. The number of ketones is 2. The number of carbonyl (C=O) groups excluding carboxylic acids is 2. The van der Waals surface area contributed by atoms with Crippen molar-refractivity contribution in [1.29, 1.82) is 0 Å². The number of furan rings is 1. The van der Waals surface area contributed by atoms with Gasteiger partial charge in [-0.3, -0.25) is 9.59 Å². The van der Waals surface area contributed by atoms with Crippen LogP contribution in [0.2, 0.25) is 0 Å². The molecule has 0 radical (unpaired) electrons. The second kappa shape index (κ2) is 6.96. The molecule has 2 aromatic carbocycles. The van der Waals surface area contributed by atoms with Gasteiger partial charge in [-0.05, 0) is 35.8 Å². The molecule has 4 rings (SSSR count). The third-order valence-electron chi connectivity index (χ3n) is 4.86. The maximum atomic E-state index is 13.1. The van der Waals surface area contributed by atoms with Gasteiger partial charge in [0.2, 0.25) is 0 Å². The van der Waals surface area contributed by atoms with Crippen molar-refractivity contribution >= 4 is 17.1 Å². The standard InChI is InChI=1S/C23H18O3/c24-20-15-18(16-8-3-1-4-9-16)14-19(21-12-7-13-26-21)22(20)23(25)17-10-5-2-6-11-17/h1-13,15,19,22H,14H2. The van der Waals surface area contributed by atoms with Gasteiger partial charge in [0.05, 0.1) is 12.2 Å². The first kappa shape index (κ1) is 16.3. The Hall–Kier alpha value is -3.20. The van der Waals surface area contributed by atoms with Gasteiger partial charge in [0, 0.05) is 11.5 Å². The Kier molecular flexibility index (Phi) is 4.36. The van der Waals surface area contributed by atoms with Crippen LogP contribution in [0.25, 0.3) is 5.57 Å². The lowest BCUT2D eigenvalue weighted by atomic mass is 9.73. The lowest BCUT2D eigenvalue weighted by Crippen LogP contribution is -2.32. The number of allylic oxidation sites excluding steroid dienone is 2. The summed E-state index contributed by atoms with van der Waals surface area (Å²) in [6.07, 6.45) is 3.80. The quantitative estimate of drug-likeness (QED) is 0.499. The molecule has 26 heavy (non-hydrogen) atoms. The molecule has 2 unspecified atom stereocenters. The maximum Gasteiger partial charge on any atom is 0.174 e. The first-order valence-corrected chi connectivity index (χ1v) is 8.66. The Morgan fingerprint density at radius 1 is 0.885 bits per heavy atom. The SMILES string of the molecule is O=C1C=C(c2ccccc2)CC(c2ccco2)C1C(=O)c1ccccc1. The summed E-state index contributed by atoms with van der Waals surface area (Å²) in [6.45, 7) is 0. The molecule has 0 saturated heterocycles. The van der Waals surface area contributed by atoms with E-state index in [1.807, 2.05) is 54.6 Å². The number of rotatable bonds is 4. The molecule has 3 aromatic rings. The molecule has 3 nitrogen and oxygen atoms in total. The van der Waals surface area contributed by atoms with Crippen LogP contribution in [0.1, 0.15) is 34.0 Å². The van der Waals surface area contributed by atoms with Gasteiger partial charge >= 0.3 is 0 Å². The van der Waals surface area contributed by atoms with Crippen LogP contribution in [0.3, 0.4) is 0 Å². The molecule has 0 fully saturated rings. The molecule has 0 aliphatic heterocycles. The van der Waals surface area contributed by atoms with Crippen molar-refractivity contribution in [3.63, 3.8) is 0 Å². The minimum atomic E-state index is -0.754. The summed E-state index contributed by atoms with van der Waals surface area (Å²) < 4.78 is 5.59. The summed E-state index contributed by atoms with van der Waals surface area (Å²) >= 11 is 0. The van der Waals surface area contributed by atoms with Crippen LogP contribution in [-0.2, 0) is 4.79 Å². The van der Waals surface area contributed by atoms with E-state index in [0.717, 1.165) is 11.1 Å². The lowest BCUT2D eigenvalue weighted by Gasteiger charge is -2.28. The minimum absolute atomic E-state index is 0.152. The molecule has 0 N–H and O–H groups in total. The monoisotopic (exact) mass is 342 g/mol. The Morgan fingerprint density at radius 2 is 1.58 bits per heavy atom. The van der Waals surface area contributed by atoms with Crippen LogP contribution >= 0.6 is 0 Å². The van der Waals surface area contributed by atoms with Gasteiger partial charge in [-0.2, -0.15) is 0 Å². The van der Waals surface area contributed by atoms with E-state index in [1.54, 1.807) is 30.5 Å². The van der Waals surface area contributed by atoms with E-state index < -0.39 is 5.92 Å². The maximum absolute atomic E-state index is 13.1. The zero-order valence-corrected chi connectivity index (χ0v) is 14.2. The van der Waals surface area contributed by atoms with E-state index in [-0.39, 0.29) is 17.5 Å². The normalized spacial score (nSPS) is 19.8. The highest BCUT2D eigenvalue weighted by Crippen LogP contribution is 2.41. The van der Waals surface area contributed by atoms with Crippen LogP contribution in [0.4, 0.5) is 0 Å². The molecule has 1 aromatic heterocycles. The highest BCUT2D eigenvalue weighted by molar-refractivity contribution is 6.17. The summed E-state index contributed by atoms with van der Waals surface area (Å²) in [5.41, 5.74) is 2.50. The van der Waals surface area contributed by atoms with E-state index in [1.165, 1.54) is 0 Å².